The summed E-state index contributed by atoms with van der Waals surface area (Å²) >= 11 is 3.37. The Kier molecular flexibility index (Phi) is 4.84. The van der Waals surface area contributed by atoms with Crippen molar-refractivity contribution in [1.29, 1.82) is 0 Å². The number of hydrogen-bond acceptors (Lipinski definition) is 3. The van der Waals surface area contributed by atoms with Crippen LogP contribution in [0.5, 0.6) is 0 Å². The van der Waals surface area contributed by atoms with E-state index in [1.54, 1.807) is 30.6 Å². The Labute approximate surface area is 97.9 Å². The van der Waals surface area contributed by atoms with E-state index in [9.17, 15) is 4.79 Å². The number of carboxylic acid groups (broad SMARTS) is 1. The quantitative estimate of drug-likeness (QED) is 0.651. The van der Waals surface area contributed by atoms with E-state index in [4.69, 9.17) is 5.11 Å². The van der Waals surface area contributed by atoms with Crippen LogP contribution in [0.1, 0.15) is 0 Å². The Hall–Kier alpha value is -0.810. The third-order valence-corrected chi connectivity index (χ3v) is 3.92. The second kappa shape index (κ2) is 5.92. The first-order valence-corrected chi connectivity index (χ1v) is 6.72. The van der Waals surface area contributed by atoms with Gasteiger partial charge in [-0.2, -0.15) is 11.8 Å². The molecule has 1 rings (SSSR count). The fourth-order valence-electron chi connectivity index (χ4n) is 1.08. The molecule has 1 amide bonds. The number of amides is 1. The van der Waals surface area contributed by atoms with Crippen LogP contribution < -0.4 is 4.90 Å². The lowest BCUT2D eigenvalue weighted by molar-refractivity contribution is 0.203. The summed E-state index contributed by atoms with van der Waals surface area (Å²) in [6, 6.07) is 7.52. The molecule has 0 heterocycles. The molecule has 82 valence electrons. The summed E-state index contributed by atoms with van der Waals surface area (Å²) in [5.74, 6) is 0. The third kappa shape index (κ3) is 3.35. The summed E-state index contributed by atoms with van der Waals surface area (Å²) in [6.45, 7) is 0. The average Bonchev–Trinajstić information content (AvgIpc) is 2.25. The van der Waals surface area contributed by atoms with Crippen molar-refractivity contribution in [2.24, 2.45) is 0 Å². The lowest BCUT2D eigenvalue weighted by Crippen LogP contribution is -2.24. The fourth-order valence-corrected chi connectivity index (χ4v) is 2.59. The molecule has 0 saturated heterocycles. The van der Waals surface area contributed by atoms with Crippen LogP contribution in [0.2, 0.25) is 0 Å². The summed E-state index contributed by atoms with van der Waals surface area (Å²) < 4.78 is 0. The summed E-state index contributed by atoms with van der Waals surface area (Å²) in [6.07, 6.45) is 1.09. The molecular formula is C10H13NO2S2. The zero-order chi connectivity index (χ0) is 11.3. The Morgan fingerprint density at radius 1 is 1.47 bits per heavy atom. The van der Waals surface area contributed by atoms with Crippen molar-refractivity contribution in [3.63, 3.8) is 0 Å². The van der Waals surface area contributed by atoms with Gasteiger partial charge < -0.3 is 5.11 Å². The van der Waals surface area contributed by atoms with Crippen LogP contribution in [0.15, 0.2) is 29.2 Å². The molecule has 15 heavy (non-hydrogen) atoms. The molecular weight excluding hydrogens is 230 g/mol. The summed E-state index contributed by atoms with van der Waals surface area (Å²) in [5.41, 5.74) is 0.740. The summed E-state index contributed by atoms with van der Waals surface area (Å²) in [5, 5.41) is 9.82. The number of carbonyl (C=O) groups is 1. The van der Waals surface area contributed by atoms with Gasteiger partial charge in [0.05, 0.1) is 5.69 Å². The maximum absolute atomic E-state index is 10.8. The van der Waals surface area contributed by atoms with E-state index in [0.29, 0.717) is 0 Å². The molecule has 5 heteroatoms. The normalized spacial score (nSPS) is 10.0. The molecule has 0 bridgehead atoms. The van der Waals surface area contributed by atoms with Crippen molar-refractivity contribution < 1.29 is 9.90 Å². The minimum atomic E-state index is -0.938. The van der Waals surface area contributed by atoms with Crippen molar-refractivity contribution in [3.8, 4) is 0 Å². The highest BCUT2D eigenvalue weighted by Crippen LogP contribution is 2.31. The van der Waals surface area contributed by atoms with Gasteiger partial charge in [0.1, 0.15) is 0 Å². The molecule has 1 aromatic rings. The number of benzene rings is 1. The van der Waals surface area contributed by atoms with Crippen LogP contribution in [-0.4, -0.2) is 29.6 Å². The molecule has 0 atom stereocenters. The van der Waals surface area contributed by atoms with E-state index in [1.165, 1.54) is 4.90 Å². The Morgan fingerprint density at radius 2 is 2.13 bits per heavy atom. The van der Waals surface area contributed by atoms with Crippen molar-refractivity contribution >= 4 is 35.3 Å². The molecule has 0 saturated carbocycles. The van der Waals surface area contributed by atoms with Crippen LogP contribution in [-0.2, 0) is 0 Å². The third-order valence-electron chi connectivity index (χ3n) is 1.85. The first kappa shape index (κ1) is 12.3. The highest BCUT2D eigenvalue weighted by Gasteiger charge is 2.12. The maximum Gasteiger partial charge on any atom is 0.411 e. The number of anilines is 1. The van der Waals surface area contributed by atoms with Crippen molar-refractivity contribution in [2.45, 2.75) is 4.90 Å². The second-order valence-electron chi connectivity index (χ2n) is 2.86. The SMILES string of the molecule is CSCSc1ccccc1N(C)C(=O)O. The van der Waals surface area contributed by atoms with Gasteiger partial charge >= 0.3 is 6.09 Å². The van der Waals surface area contributed by atoms with Gasteiger partial charge in [-0.05, 0) is 18.4 Å². The maximum atomic E-state index is 10.8. The number of rotatable bonds is 4. The lowest BCUT2D eigenvalue weighted by atomic mass is 10.3. The van der Waals surface area contributed by atoms with E-state index >= 15 is 0 Å². The van der Waals surface area contributed by atoms with Crippen molar-refractivity contribution in [2.75, 3.05) is 23.3 Å². The average molecular weight is 243 g/mol. The van der Waals surface area contributed by atoms with E-state index in [0.717, 1.165) is 15.7 Å². The Bertz CT molecular complexity index is 344. The molecule has 0 aliphatic heterocycles. The van der Waals surface area contributed by atoms with E-state index in [2.05, 4.69) is 0 Å². The highest BCUT2D eigenvalue weighted by molar-refractivity contribution is 8.15. The van der Waals surface area contributed by atoms with Gasteiger partial charge in [0.15, 0.2) is 0 Å². The molecule has 1 N–H and O–H groups in total. The van der Waals surface area contributed by atoms with E-state index in [1.807, 2.05) is 30.5 Å². The number of thioether (sulfide) groups is 2. The minimum absolute atomic E-state index is 0.740. The molecule has 0 aliphatic rings. The molecule has 0 fully saturated rings. The van der Waals surface area contributed by atoms with Crippen LogP contribution >= 0.6 is 23.5 Å². The zero-order valence-electron chi connectivity index (χ0n) is 8.64. The van der Waals surface area contributed by atoms with Gasteiger partial charge in [-0.3, -0.25) is 4.90 Å². The smallest absolute Gasteiger partial charge is 0.411 e. The Balaban J connectivity index is 2.90. The zero-order valence-corrected chi connectivity index (χ0v) is 10.3. The van der Waals surface area contributed by atoms with Crippen molar-refractivity contribution in [3.05, 3.63) is 24.3 Å². The lowest BCUT2D eigenvalue weighted by Gasteiger charge is -2.16. The first-order valence-electron chi connectivity index (χ1n) is 4.34. The summed E-state index contributed by atoms with van der Waals surface area (Å²) in [4.78, 5) is 13.1. The van der Waals surface area contributed by atoms with Crippen LogP contribution in [0.25, 0.3) is 0 Å². The Morgan fingerprint density at radius 3 is 2.73 bits per heavy atom. The van der Waals surface area contributed by atoms with Crippen LogP contribution in [0.3, 0.4) is 0 Å². The van der Waals surface area contributed by atoms with Gasteiger partial charge in [0, 0.05) is 17.0 Å². The molecule has 0 aromatic heterocycles. The molecule has 0 aliphatic carbocycles. The van der Waals surface area contributed by atoms with Gasteiger partial charge in [0.2, 0.25) is 0 Å². The molecule has 1 aromatic carbocycles. The predicted octanol–water partition coefficient (Wildman–Crippen LogP) is 3.21. The van der Waals surface area contributed by atoms with Gasteiger partial charge in [-0.25, -0.2) is 4.79 Å². The summed E-state index contributed by atoms with van der Waals surface area (Å²) in [7, 11) is 1.56. The van der Waals surface area contributed by atoms with Crippen LogP contribution in [0, 0.1) is 0 Å². The topological polar surface area (TPSA) is 40.5 Å². The monoisotopic (exact) mass is 243 g/mol. The molecule has 0 spiro atoms. The van der Waals surface area contributed by atoms with E-state index < -0.39 is 6.09 Å². The number of hydrogen-bond donors (Lipinski definition) is 1. The highest BCUT2D eigenvalue weighted by atomic mass is 32.2. The number of para-hydroxylation sites is 1. The first-order chi connectivity index (χ1) is 7.16. The van der Waals surface area contributed by atoms with E-state index in [-0.39, 0.29) is 0 Å². The molecule has 0 unspecified atom stereocenters. The molecule has 3 nitrogen and oxygen atoms in total. The largest absolute Gasteiger partial charge is 0.465 e. The van der Waals surface area contributed by atoms with Gasteiger partial charge in [-0.1, -0.05) is 12.1 Å². The second-order valence-corrected chi connectivity index (χ2v) is 5.11. The molecule has 0 radical (unpaired) electrons. The number of nitrogens with zero attached hydrogens (tertiary/aromatic N) is 1. The predicted molar refractivity (Wildman–Crippen MR) is 67.1 cm³/mol. The van der Waals surface area contributed by atoms with Crippen molar-refractivity contribution in [1.82, 2.24) is 0 Å². The van der Waals surface area contributed by atoms with Crippen LogP contribution in [0.4, 0.5) is 10.5 Å². The minimum Gasteiger partial charge on any atom is -0.465 e. The standard InChI is InChI=1S/C10H13NO2S2/c1-11(10(12)13)8-5-3-4-6-9(8)15-7-14-2/h3-6H,7H2,1-2H3,(H,12,13). The fraction of sp³-hybridized carbons (Fsp3) is 0.300. The van der Waals surface area contributed by atoms with Gasteiger partial charge in [0.25, 0.3) is 0 Å². The van der Waals surface area contributed by atoms with Gasteiger partial charge in [-0.15, -0.1) is 11.8 Å².